The Morgan fingerprint density at radius 3 is 1.49 bits per heavy atom. The molecule has 14 aromatic rings. The number of furan rings is 1. The molecule has 0 radical (unpaired) electrons. The van der Waals surface area contributed by atoms with Crippen molar-refractivity contribution in [2.24, 2.45) is 0 Å². The van der Waals surface area contributed by atoms with Gasteiger partial charge in [-0.1, -0.05) is 164 Å². The van der Waals surface area contributed by atoms with E-state index in [-0.39, 0.29) is 0 Å². The van der Waals surface area contributed by atoms with E-state index in [0.717, 1.165) is 71.6 Å². The first-order valence-corrected chi connectivity index (χ1v) is 23.8. The van der Waals surface area contributed by atoms with Crippen LogP contribution in [-0.2, 0) is 5.41 Å². The van der Waals surface area contributed by atoms with E-state index >= 15 is 0 Å². The van der Waals surface area contributed by atoms with Crippen LogP contribution in [-0.4, -0.2) is 24.1 Å². The van der Waals surface area contributed by atoms with Gasteiger partial charge in [-0.3, -0.25) is 4.57 Å². The molecule has 0 saturated carbocycles. The summed E-state index contributed by atoms with van der Waals surface area (Å²) in [5.74, 6) is 1.68. The molecule has 70 heavy (non-hydrogen) atoms. The highest BCUT2D eigenvalue weighted by Gasteiger charge is 2.51. The Balaban J connectivity index is 0.936. The Labute approximate surface area is 401 Å². The predicted octanol–water partition coefficient (Wildman–Crippen LogP) is 15.6. The van der Waals surface area contributed by atoms with E-state index in [1.807, 2.05) is 18.2 Å². The number of rotatable bonds is 4. The summed E-state index contributed by atoms with van der Waals surface area (Å²) in [5, 5.41) is 6.82. The smallest absolute Gasteiger partial charge is 0.238 e. The Hall–Kier alpha value is -9.39. The van der Waals surface area contributed by atoms with Gasteiger partial charge in [0.25, 0.3) is 0 Å². The highest BCUT2D eigenvalue weighted by Crippen LogP contribution is 2.63. The topological polar surface area (TPSA) is 61.7 Å². The van der Waals surface area contributed by atoms with E-state index in [9.17, 15) is 0 Å². The molecule has 16 rings (SSSR count). The highest BCUT2D eigenvalue weighted by atomic mass is 16.3. The lowest BCUT2D eigenvalue weighted by Gasteiger charge is -2.30. The normalized spacial score (nSPS) is 13.3. The first kappa shape index (κ1) is 37.7. The van der Waals surface area contributed by atoms with E-state index in [1.54, 1.807) is 0 Å². The number of hydrogen-bond donors (Lipinski definition) is 0. The van der Waals surface area contributed by atoms with Gasteiger partial charge in [-0.15, -0.1) is 0 Å². The molecule has 0 bridgehead atoms. The molecule has 1 spiro atoms. The van der Waals surface area contributed by atoms with Crippen molar-refractivity contribution in [1.82, 2.24) is 24.1 Å². The van der Waals surface area contributed by atoms with E-state index in [1.165, 1.54) is 55.3 Å². The van der Waals surface area contributed by atoms with Crippen molar-refractivity contribution in [2.75, 3.05) is 0 Å². The summed E-state index contributed by atoms with van der Waals surface area (Å²) < 4.78 is 11.0. The van der Waals surface area contributed by atoms with Gasteiger partial charge < -0.3 is 8.98 Å². The van der Waals surface area contributed by atoms with Crippen molar-refractivity contribution in [3.8, 4) is 56.7 Å². The summed E-state index contributed by atoms with van der Waals surface area (Å²) in [6.07, 6.45) is 0. The molecule has 0 atom stereocenters. The summed E-state index contributed by atoms with van der Waals surface area (Å²) >= 11 is 0. The second-order valence-electron chi connectivity index (χ2n) is 18.7. The molecule has 6 nitrogen and oxygen atoms in total. The van der Waals surface area contributed by atoms with Gasteiger partial charge in [-0.25, -0.2) is 4.98 Å². The summed E-state index contributed by atoms with van der Waals surface area (Å²) in [4.78, 5) is 16.0. The lowest BCUT2D eigenvalue weighted by Crippen LogP contribution is -2.25. The Kier molecular flexibility index (Phi) is 7.45. The fourth-order valence-corrected chi connectivity index (χ4v) is 12.3. The first-order valence-electron chi connectivity index (χ1n) is 23.8. The van der Waals surface area contributed by atoms with Crippen LogP contribution in [0.3, 0.4) is 0 Å². The Morgan fingerprint density at radius 1 is 0.314 bits per heavy atom. The molecule has 6 heteroatoms. The minimum absolute atomic E-state index is 0.466. The van der Waals surface area contributed by atoms with Crippen LogP contribution in [0, 0.1) is 0 Å². The van der Waals surface area contributed by atoms with Gasteiger partial charge in [0, 0.05) is 49.1 Å². The zero-order valence-electron chi connectivity index (χ0n) is 37.5. The van der Waals surface area contributed by atoms with E-state index in [2.05, 4.69) is 215 Å². The average molecular weight is 892 g/mol. The molecule has 0 N–H and O–H groups in total. The van der Waals surface area contributed by atoms with Gasteiger partial charge in [-0.05, 0) is 105 Å². The standard InChI is InChI=1S/C64H37N5O/c1-8-25-51-41(18-1)42-19-2-9-26-52(42)64(51)53-27-10-3-20-43(53)49-36-50-46-23-6-11-28-55(46)68(58(50)37-54(49)64)40-17-15-16-38(34-40)61-65-62(39-32-33-48-47-24-7-14-31-59(47)70-60(48)35-39)67-63(66-61)69-56-29-12-4-21-44(56)45-22-5-13-30-57(45)69/h1-37H. The summed E-state index contributed by atoms with van der Waals surface area (Å²) in [7, 11) is 0. The number of nitrogens with zero attached hydrogens (tertiary/aromatic N) is 5. The van der Waals surface area contributed by atoms with Gasteiger partial charge in [0.05, 0.1) is 27.5 Å². The monoisotopic (exact) mass is 891 g/mol. The Bertz CT molecular complexity index is 4470. The largest absolute Gasteiger partial charge is 0.456 e. The van der Waals surface area contributed by atoms with Crippen molar-refractivity contribution in [2.45, 2.75) is 5.41 Å². The van der Waals surface area contributed by atoms with Crippen LogP contribution in [0.25, 0.3) is 122 Å². The van der Waals surface area contributed by atoms with Crippen LogP contribution in [0.4, 0.5) is 0 Å². The minimum Gasteiger partial charge on any atom is -0.456 e. The van der Waals surface area contributed by atoms with Crippen molar-refractivity contribution in [3.05, 3.63) is 247 Å². The van der Waals surface area contributed by atoms with Gasteiger partial charge >= 0.3 is 0 Å². The number of benzene rings is 10. The summed E-state index contributed by atoms with van der Waals surface area (Å²) in [6.45, 7) is 0. The van der Waals surface area contributed by atoms with Crippen molar-refractivity contribution in [3.63, 3.8) is 0 Å². The van der Waals surface area contributed by atoms with Gasteiger partial charge in [0.1, 0.15) is 11.2 Å². The van der Waals surface area contributed by atoms with Crippen LogP contribution in [0.1, 0.15) is 22.3 Å². The molecule has 0 saturated heterocycles. The second-order valence-corrected chi connectivity index (χ2v) is 18.7. The van der Waals surface area contributed by atoms with Crippen molar-refractivity contribution < 1.29 is 4.42 Å². The predicted molar refractivity (Wildman–Crippen MR) is 283 cm³/mol. The maximum Gasteiger partial charge on any atom is 0.238 e. The van der Waals surface area contributed by atoms with Crippen LogP contribution in [0.15, 0.2) is 229 Å². The van der Waals surface area contributed by atoms with E-state index in [0.29, 0.717) is 17.6 Å². The molecular weight excluding hydrogens is 855 g/mol. The molecule has 0 amide bonds. The van der Waals surface area contributed by atoms with Crippen LogP contribution >= 0.6 is 0 Å². The molecule has 0 fully saturated rings. The highest BCUT2D eigenvalue weighted by molar-refractivity contribution is 6.13. The number of fused-ring (bicyclic) bond motifs is 19. The molecule has 10 aromatic carbocycles. The molecule has 4 aromatic heterocycles. The van der Waals surface area contributed by atoms with Crippen LogP contribution < -0.4 is 0 Å². The number of aromatic nitrogens is 5. The molecule has 4 heterocycles. The molecule has 324 valence electrons. The van der Waals surface area contributed by atoms with Gasteiger partial charge in [0.15, 0.2) is 11.6 Å². The quantitative estimate of drug-likeness (QED) is 0.177. The van der Waals surface area contributed by atoms with Crippen molar-refractivity contribution >= 4 is 65.6 Å². The SMILES string of the molecule is c1cc(-c2nc(-c3ccc4c(c3)oc3ccccc34)nc(-n3c4ccccc4c4ccccc43)n2)cc(-n2c3ccccc3c3cc4c(cc32)C2(c3ccccc3-c3ccccc32)c2ccccc2-4)c1. The van der Waals surface area contributed by atoms with E-state index in [4.69, 9.17) is 19.4 Å². The number of hydrogen-bond acceptors (Lipinski definition) is 4. The first-order chi connectivity index (χ1) is 34.7. The van der Waals surface area contributed by atoms with Gasteiger partial charge in [-0.2, -0.15) is 9.97 Å². The third-order valence-corrected chi connectivity index (χ3v) is 15.2. The maximum absolute atomic E-state index is 6.41. The molecule has 2 aliphatic carbocycles. The van der Waals surface area contributed by atoms with Crippen molar-refractivity contribution in [1.29, 1.82) is 0 Å². The zero-order chi connectivity index (χ0) is 45.7. The van der Waals surface area contributed by atoms with Crippen LogP contribution in [0.2, 0.25) is 0 Å². The molecule has 0 unspecified atom stereocenters. The second kappa shape index (κ2) is 13.8. The molecule has 2 aliphatic rings. The average Bonchev–Trinajstić information content (AvgIpc) is 4.21. The fraction of sp³-hybridized carbons (Fsp3) is 0.0156. The third kappa shape index (κ3) is 4.93. The van der Waals surface area contributed by atoms with Gasteiger partial charge in [0.2, 0.25) is 5.95 Å². The molecular formula is C64H37N5O. The minimum atomic E-state index is -0.466. The lowest BCUT2D eigenvalue weighted by molar-refractivity contribution is 0.669. The Morgan fingerprint density at radius 2 is 0.829 bits per heavy atom. The third-order valence-electron chi connectivity index (χ3n) is 15.2. The van der Waals surface area contributed by atoms with E-state index < -0.39 is 5.41 Å². The maximum atomic E-state index is 6.41. The van der Waals surface area contributed by atoms with Crippen LogP contribution in [0.5, 0.6) is 0 Å². The summed E-state index contributed by atoms with van der Waals surface area (Å²) in [5.41, 5.74) is 18.7. The summed E-state index contributed by atoms with van der Waals surface area (Å²) in [6, 6.07) is 80.9. The lowest BCUT2D eigenvalue weighted by atomic mass is 9.70. The fourth-order valence-electron chi connectivity index (χ4n) is 12.3. The molecule has 0 aliphatic heterocycles. The zero-order valence-corrected chi connectivity index (χ0v) is 37.5. The number of para-hydroxylation sites is 4.